The molecule has 0 aromatic rings. The Morgan fingerprint density at radius 3 is 2.20 bits per heavy atom. The van der Waals surface area contributed by atoms with Gasteiger partial charge in [-0.05, 0) is 6.92 Å². The predicted molar refractivity (Wildman–Crippen MR) is 27.4 cm³/mol. The summed E-state index contributed by atoms with van der Waals surface area (Å²) < 4.78 is 50.5. The summed E-state index contributed by atoms with van der Waals surface area (Å²) in [5.41, 5.74) is 0. The molecular formula is C5H8F4O. The molecule has 0 aliphatic heterocycles. The average Bonchev–Trinajstić information content (AvgIpc) is 1.84. The molecule has 0 unspecified atom stereocenters. The predicted octanol–water partition coefficient (Wildman–Crippen LogP) is 1.92. The summed E-state index contributed by atoms with van der Waals surface area (Å²) in [5, 5.41) is 0. The molecule has 0 aliphatic carbocycles. The van der Waals surface area contributed by atoms with Crippen LogP contribution in [0.1, 0.15) is 6.92 Å². The number of hydrogen-bond donors (Lipinski definition) is 0. The minimum Gasteiger partial charge on any atom is -0.375 e. The Kier molecular flexibility index (Phi) is 3.63. The van der Waals surface area contributed by atoms with Crippen LogP contribution in [0.4, 0.5) is 17.6 Å². The molecule has 0 saturated carbocycles. The van der Waals surface area contributed by atoms with Gasteiger partial charge in [-0.15, -0.1) is 0 Å². The lowest BCUT2D eigenvalue weighted by Gasteiger charge is -2.13. The molecule has 0 amide bonds. The second kappa shape index (κ2) is 3.75. The van der Waals surface area contributed by atoms with Crippen molar-refractivity contribution in [3.63, 3.8) is 0 Å². The molecule has 0 aliphatic rings. The summed E-state index contributed by atoms with van der Waals surface area (Å²) in [6, 6.07) is 0. The van der Waals surface area contributed by atoms with E-state index in [2.05, 4.69) is 4.74 Å². The van der Waals surface area contributed by atoms with E-state index in [1.807, 2.05) is 0 Å². The van der Waals surface area contributed by atoms with Gasteiger partial charge in [0.15, 0.2) is 0 Å². The number of alkyl halides is 4. The molecule has 0 N–H and O–H groups in total. The van der Waals surface area contributed by atoms with Gasteiger partial charge in [0.1, 0.15) is 6.61 Å². The zero-order chi connectivity index (χ0) is 8.20. The smallest absolute Gasteiger partial charge is 0.330 e. The van der Waals surface area contributed by atoms with Crippen molar-refractivity contribution in [1.82, 2.24) is 0 Å². The van der Waals surface area contributed by atoms with Crippen molar-refractivity contribution in [2.24, 2.45) is 0 Å². The monoisotopic (exact) mass is 160 g/mol. The molecule has 0 atom stereocenters. The molecule has 62 valence electrons. The summed E-state index contributed by atoms with van der Waals surface area (Å²) in [7, 11) is 0. The second-order valence-corrected chi connectivity index (χ2v) is 1.70. The van der Waals surface area contributed by atoms with E-state index in [1.54, 1.807) is 0 Å². The maximum Gasteiger partial charge on any atom is 0.330 e. The van der Waals surface area contributed by atoms with Gasteiger partial charge in [-0.25, -0.2) is 8.78 Å². The van der Waals surface area contributed by atoms with Crippen LogP contribution in [0.3, 0.4) is 0 Å². The Bertz CT molecular complexity index is 93.6. The van der Waals surface area contributed by atoms with Gasteiger partial charge in [-0.2, -0.15) is 8.78 Å². The van der Waals surface area contributed by atoms with Gasteiger partial charge in [-0.1, -0.05) is 0 Å². The Labute approximate surface area is 56.0 Å². The fourth-order valence-corrected chi connectivity index (χ4v) is 0.301. The largest absolute Gasteiger partial charge is 0.375 e. The first-order valence-electron chi connectivity index (χ1n) is 2.74. The lowest BCUT2D eigenvalue weighted by molar-refractivity contribution is -0.164. The highest BCUT2D eigenvalue weighted by Gasteiger charge is 2.40. The van der Waals surface area contributed by atoms with Crippen molar-refractivity contribution in [3.8, 4) is 0 Å². The SMILES string of the molecule is CCOCC(F)(F)C(F)F. The summed E-state index contributed by atoms with van der Waals surface area (Å²) in [4.78, 5) is 0. The van der Waals surface area contributed by atoms with Crippen LogP contribution in [0.15, 0.2) is 0 Å². The quantitative estimate of drug-likeness (QED) is 0.571. The van der Waals surface area contributed by atoms with Crippen molar-refractivity contribution in [2.75, 3.05) is 13.2 Å². The molecular weight excluding hydrogens is 152 g/mol. The Balaban J connectivity index is 3.63. The highest BCUT2D eigenvalue weighted by atomic mass is 19.3. The van der Waals surface area contributed by atoms with E-state index in [-0.39, 0.29) is 6.61 Å². The van der Waals surface area contributed by atoms with E-state index in [0.717, 1.165) is 0 Å². The standard InChI is InChI=1S/C5H8F4O/c1-2-10-3-5(8,9)4(6)7/h4H,2-3H2,1H3. The molecule has 10 heavy (non-hydrogen) atoms. The van der Waals surface area contributed by atoms with Crippen LogP contribution < -0.4 is 0 Å². The van der Waals surface area contributed by atoms with Crippen LogP contribution in [-0.4, -0.2) is 25.6 Å². The topological polar surface area (TPSA) is 9.23 Å². The summed E-state index contributed by atoms with van der Waals surface area (Å²) in [5.74, 6) is -4.00. The van der Waals surface area contributed by atoms with Gasteiger partial charge >= 0.3 is 12.3 Å². The van der Waals surface area contributed by atoms with E-state index in [1.165, 1.54) is 6.92 Å². The molecule has 0 radical (unpaired) electrons. The van der Waals surface area contributed by atoms with Gasteiger partial charge < -0.3 is 4.74 Å². The molecule has 5 heteroatoms. The van der Waals surface area contributed by atoms with Crippen molar-refractivity contribution in [3.05, 3.63) is 0 Å². The van der Waals surface area contributed by atoms with Gasteiger partial charge in [0.25, 0.3) is 0 Å². The van der Waals surface area contributed by atoms with Gasteiger partial charge in [0, 0.05) is 6.61 Å². The summed E-state index contributed by atoms with van der Waals surface area (Å²) >= 11 is 0. The van der Waals surface area contributed by atoms with Gasteiger partial charge in [0.2, 0.25) is 0 Å². The minimum atomic E-state index is -4.00. The summed E-state index contributed by atoms with van der Waals surface area (Å²) in [6.45, 7) is 0.269. The average molecular weight is 160 g/mol. The molecule has 1 nitrogen and oxygen atoms in total. The fraction of sp³-hybridized carbons (Fsp3) is 1.00. The van der Waals surface area contributed by atoms with E-state index < -0.39 is 19.0 Å². The number of ether oxygens (including phenoxy) is 1. The summed E-state index contributed by atoms with van der Waals surface area (Å²) in [6.07, 6.45) is -3.64. The minimum absolute atomic E-state index is 0.0162. The number of hydrogen-bond acceptors (Lipinski definition) is 1. The Morgan fingerprint density at radius 2 is 1.90 bits per heavy atom. The van der Waals surface area contributed by atoms with Gasteiger partial charge in [0.05, 0.1) is 0 Å². The van der Waals surface area contributed by atoms with E-state index in [4.69, 9.17) is 0 Å². The van der Waals surface area contributed by atoms with Crippen LogP contribution >= 0.6 is 0 Å². The van der Waals surface area contributed by atoms with E-state index in [9.17, 15) is 17.6 Å². The first kappa shape index (κ1) is 9.68. The van der Waals surface area contributed by atoms with Crippen LogP contribution in [0.25, 0.3) is 0 Å². The van der Waals surface area contributed by atoms with E-state index >= 15 is 0 Å². The van der Waals surface area contributed by atoms with Crippen LogP contribution in [-0.2, 0) is 4.74 Å². The zero-order valence-corrected chi connectivity index (χ0v) is 5.41. The van der Waals surface area contributed by atoms with Crippen LogP contribution in [0.2, 0.25) is 0 Å². The number of rotatable bonds is 4. The molecule has 0 aromatic heterocycles. The molecule has 0 aromatic carbocycles. The first-order valence-corrected chi connectivity index (χ1v) is 2.74. The lowest BCUT2D eigenvalue weighted by Crippen LogP contribution is -2.32. The zero-order valence-electron chi connectivity index (χ0n) is 5.41. The molecule has 0 saturated heterocycles. The van der Waals surface area contributed by atoms with Crippen LogP contribution in [0.5, 0.6) is 0 Å². The highest BCUT2D eigenvalue weighted by Crippen LogP contribution is 2.22. The van der Waals surface area contributed by atoms with Crippen molar-refractivity contribution in [2.45, 2.75) is 19.3 Å². The number of halogens is 4. The molecule has 0 fully saturated rings. The maximum atomic E-state index is 11.9. The highest BCUT2D eigenvalue weighted by molar-refractivity contribution is 4.67. The Morgan fingerprint density at radius 1 is 1.40 bits per heavy atom. The third-order valence-electron chi connectivity index (χ3n) is 0.818. The van der Waals surface area contributed by atoms with Crippen molar-refractivity contribution in [1.29, 1.82) is 0 Å². The third kappa shape index (κ3) is 3.00. The maximum absolute atomic E-state index is 11.9. The molecule has 0 spiro atoms. The third-order valence-corrected chi connectivity index (χ3v) is 0.818. The normalized spacial score (nSPS) is 12.6. The molecule has 0 rings (SSSR count). The first-order chi connectivity index (χ1) is 4.50. The van der Waals surface area contributed by atoms with Gasteiger partial charge in [-0.3, -0.25) is 0 Å². The lowest BCUT2D eigenvalue weighted by atomic mass is 10.4. The van der Waals surface area contributed by atoms with Crippen molar-refractivity contribution >= 4 is 0 Å². The van der Waals surface area contributed by atoms with Crippen LogP contribution in [0, 0.1) is 0 Å². The van der Waals surface area contributed by atoms with Crippen molar-refractivity contribution < 1.29 is 22.3 Å². The fourth-order valence-electron chi connectivity index (χ4n) is 0.301. The Hall–Kier alpha value is -0.320. The van der Waals surface area contributed by atoms with E-state index in [0.29, 0.717) is 0 Å². The molecule has 0 heterocycles. The molecule has 0 bridgehead atoms. The second-order valence-electron chi connectivity index (χ2n) is 1.70.